The Morgan fingerprint density at radius 3 is 2.81 bits per heavy atom. The highest BCUT2D eigenvalue weighted by Gasteiger charge is 2.24. The van der Waals surface area contributed by atoms with Crippen molar-refractivity contribution in [1.82, 2.24) is 9.78 Å². The van der Waals surface area contributed by atoms with Crippen molar-refractivity contribution in [3.8, 4) is 5.75 Å². The fraction of sp³-hybridized carbons (Fsp3) is 0.125. The molecule has 1 aliphatic rings. The number of aromatic nitrogens is 2. The molecule has 6 nitrogen and oxygen atoms in total. The van der Waals surface area contributed by atoms with Crippen molar-refractivity contribution in [2.75, 3.05) is 12.4 Å². The van der Waals surface area contributed by atoms with E-state index in [-0.39, 0.29) is 10.9 Å². The topological polar surface area (TPSA) is 68.5 Å². The zero-order valence-electron chi connectivity index (χ0n) is 17.3. The summed E-state index contributed by atoms with van der Waals surface area (Å²) in [5.41, 5.74) is 3.53. The third-order valence-corrected chi connectivity index (χ3v) is 5.54. The molecule has 0 fully saturated rings. The van der Waals surface area contributed by atoms with E-state index in [4.69, 9.17) is 4.74 Å². The first-order valence-corrected chi connectivity index (χ1v) is 9.89. The zero-order valence-corrected chi connectivity index (χ0v) is 17.3. The predicted octanol–water partition coefficient (Wildman–Crippen LogP) is 4.46. The zero-order chi connectivity index (χ0) is 22.4. The van der Waals surface area contributed by atoms with E-state index in [1.165, 1.54) is 10.9 Å². The van der Waals surface area contributed by atoms with Crippen LogP contribution in [0.1, 0.15) is 27.0 Å². The maximum Gasteiger partial charge on any atom is 0.261 e. The molecule has 5 rings (SSSR count). The Labute approximate surface area is 182 Å². The number of methoxy groups -OCH3 is 1. The number of benzene rings is 3. The Balaban J connectivity index is 1.47. The van der Waals surface area contributed by atoms with Crippen LogP contribution in [0.25, 0.3) is 10.9 Å². The molecule has 0 unspecified atom stereocenters. The van der Waals surface area contributed by atoms with Gasteiger partial charge in [-0.3, -0.25) is 14.5 Å². The van der Waals surface area contributed by atoms with Gasteiger partial charge in [0.2, 0.25) is 0 Å². The first-order valence-electron chi connectivity index (χ1n) is 9.89. The molecule has 0 spiro atoms. The summed E-state index contributed by atoms with van der Waals surface area (Å²) in [6.45, 7) is 0.511. The molecule has 0 bridgehead atoms. The number of carbonyl (C=O) groups excluding carboxylic acids is 1. The fourth-order valence-electron chi connectivity index (χ4n) is 3.90. The van der Waals surface area contributed by atoms with E-state index >= 15 is 0 Å². The molecule has 160 valence electrons. The van der Waals surface area contributed by atoms with Gasteiger partial charge in [-0.25, -0.2) is 8.78 Å². The summed E-state index contributed by atoms with van der Waals surface area (Å²) in [6.07, 6.45) is 1.27. The molecule has 0 saturated heterocycles. The second-order valence-corrected chi connectivity index (χ2v) is 7.47. The molecule has 1 amide bonds. The van der Waals surface area contributed by atoms with Gasteiger partial charge in [-0.2, -0.15) is 5.10 Å². The highest BCUT2D eigenvalue weighted by Crippen LogP contribution is 2.29. The lowest BCUT2D eigenvalue weighted by Gasteiger charge is -2.11. The molecule has 0 aliphatic carbocycles. The number of carbonyl (C=O) groups is 1. The molecule has 1 aliphatic heterocycles. The summed E-state index contributed by atoms with van der Waals surface area (Å²) >= 11 is 0. The van der Waals surface area contributed by atoms with Crippen LogP contribution in [0.3, 0.4) is 0 Å². The van der Waals surface area contributed by atoms with E-state index < -0.39 is 23.1 Å². The number of halogens is 2. The number of anilines is 1. The van der Waals surface area contributed by atoms with Crippen LogP contribution in [0.15, 0.2) is 59.7 Å². The van der Waals surface area contributed by atoms with Crippen LogP contribution in [0.4, 0.5) is 14.5 Å². The number of hydrogen-bond donors (Lipinski definition) is 1. The molecule has 4 aromatic rings. The number of aryl methyl sites for hydroxylation is 1. The number of nitrogens with zero attached hydrogens (tertiary/aromatic N) is 3. The number of nitrogens with one attached hydrogen (secondary N) is 1. The molecule has 32 heavy (non-hydrogen) atoms. The van der Waals surface area contributed by atoms with Crippen molar-refractivity contribution in [1.29, 1.82) is 0 Å². The van der Waals surface area contributed by atoms with Gasteiger partial charge in [-0.1, -0.05) is 18.2 Å². The number of amides is 1. The van der Waals surface area contributed by atoms with Gasteiger partial charge in [0.05, 0.1) is 36.5 Å². The van der Waals surface area contributed by atoms with Gasteiger partial charge < -0.3 is 10.1 Å². The first-order chi connectivity index (χ1) is 15.5. The maximum absolute atomic E-state index is 14.9. The van der Waals surface area contributed by atoms with E-state index in [0.29, 0.717) is 18.0 Å². The molecule has 2 heterocycles. The van der Waals surface area contributed by atoms with Crippen molar-refractivity contribution < 1.29 is 18.3 Å². The van der Waals surface area contributed by atoms with Crippen LogP contribution in [0, 0.1) is 11.6 Å². The highest BCUT2D eigenvalue weighted by atomic mass is 19.1. The summed E-state index contributed by atoms with van der Waals surface area (Å²) in [5, 5.41) is 6.62. The molecule has 0 atom stereocenters. The van der Waals surface area contributed by atoms with E-state index in [9.17, 15) is 13.6 Å². The van der Waals surface area contributed by atoms with Crippen LogP contribution in [-0.2, 0) is 13.6 Å². The Morgan fingerprint density at radius 2 is 2.00 bits per heavy atom. The van der Waals surface area contributed by atoms with Gasteiger partial charge in [0.15, 0.2) is 0 Å². The van der Waals surface area contributed by atoms with Crippen LogP contribution < -0.4 is 10.1 Å². The summed E-state index contributed by atoms with van der Waals surface area (Å²) < 4.78 is 36.1. The molecule has 8 heteroatoms. The molecule has 0 radical (unpaired) electrons. The van der Waals surface area contributed by atoms with Gasteiger partial charge >= 0.3 is 0 Å². The third kappa shape index (κ3) is 3.20. The van der Waals surface area contributed by atoms with Crippen molar-refractivity contribution in [3.05, 3.63) is 88.6 Å². The minimum absolute atomic E-state index is 0.0837. The van der Waals surface area contributed by atoms with E-state index in [1.54, 1.807) is 26.3 Å². The minimum Gasteiger partial charge on any atom is -0.497 e. The summed E-state index contributed by atoms with van der Waals surface area (Å²) in [6, 6.07) is 13.9. The fourth-order valence-corrected chi connectivity index (χ4v) is 3.90. The Morgan fingerprint density at radius 1 is 1.16 bits per heavy atom. The lowest BCUT2D eigenvalue weighted by molar-refractivity contribution is 0.101. The quantitative estimate of drug-likeness (QED) is 0.518. The van der Waals surface area contributed by atoms with Crippen LogP contribution >= 0.6 is 0 Å². The average molecular weight is 432 g/mol. The first kappa shape index (κ1) is 19.9. The summed E-state index contributed by atoms with van der Waals surface area (Å²) in [7, 11) is 3.17. The molecule has 1 N–H and O–H groups in total. The van der Waals surface area contributed by atoms with Gasteiger partial charge in [0, 0.05) is 29.9 Å². The molecule has 3 aromatic carbocycles. The van der Waals surface area contributed by atoms with Crippen LogP contribution in [-0.4, -0.2) is 28.5 Å². The normalized spacial score (nSPS) is 12.6. The summed E-state index contributed by atoms with van der Waals surface area (Å²) in [4.78, 5) is 17.4. The molecular formula is C24H18F2N4O2. The van der Waals surface area contributed by atoms with Gasteiger partial charge in [-0.05, 0) is 29.8 Å². The number of aliphatic imine (C=N–C) groups is 1. The maximum atomic E-state index is 14.9. The van der Waals surface area contributed by atoms with Crippen molar-refractivity contribution >= 4 is 28.2 Å². The molecule has 0 saturated carbocycles. The largest absolute Gasteiger partial charge is 0.497 e. The SMILES string of the molecule is COc1cccc(C2=NCc3ccc(NC(=O)c4c(F)cc5c(cnn5C)c4F)cc32)c1. The predicted molar refractivity (Wildman–Crippen MR) is 117 cm³/mol. The van der Waals surface area contributed by atoms with E-state index in [0.717, 1.165) is 28.5 Å². The molecule has 1 aromatic heterocycles. The Kier molecular flexibility index (Phi) is 4.70. The van der Waals surface area contributed by atoms with Gasteiger partial charge in [0.25, 0.3) is 5.91 Å². The van der Waals surface area contributed by atoms with Crippen LogP contribution in [0.5, 0.6) is 5.75 Å². The monoisotopic (exact) mass is 432 g/mol. The Bertz CT molecular complexity index is 1430. The van der Waals surface area contributed by atoms with Gasteiger partial charge in [-0.15, -0.1) is 0 Å². The second kappa shape index (κ2) is 7.56. The highest BCUT2D eigenvalue weighted by molar-refractivity contribution is 6.16. The molecular weight excluding hydrogens is 414 g/mol. The third-order valence-electron chi connectivity index (χ3n) is 5.54. The number of fused-ring (bicyclic) bond motifs is 2. The smallest absolute Gasteiger partial charge is 0.261 e. The second-order valence-electron chi connectivity index (χ2n) is 7.47. The standard InChI is InChI=1S/C24H18F2N4O2/c1-30-20-10-19(25)21(22(26)18(20)12-28-30)24(31)29-15-7-6-14-11-27-23(17(14)9-15)13-4-3-5-16(8-13)32-2/h3-10,12H,11H2,1-2H3,(H,29,31). The van der Waals surface area contributed by atoms with E-state index in [1.807, 2.05) is 30.3 Å². The van der Waals surface area contributed by atoms with E-state index in [2.05, 4.69) is 15.4 Å². The lowest BCUT2D eigenvalue weighted by atomic mass is 9.99. The van der Waals surface area contributed by atoms with Crippen molar-refractivity contribution in [3.63, 3.8) is 0 Å². The van der Waals surface area contributed by atoms with Crippen molar-refractivity contribution in [2.24, 2.45) is 12.0 Å². The lowest BCUT2D eigenvalue weighted by Crippen LogP contribution is -2.16. The van der Waals surface area contributed by atoms with Gasteiger partial charge in [0.1, 0.15) is 22.9 Å². The summed E-state index contributed by atoms with van der Waals surface area (Å²) in [5.74, 6) is -2.05. The van der Waals surface area contributed by atoms with Crippen molar-refractivity contribution in [2.45, 2.75) is 6.54 Å². The number of rotatable bonds is 4. The average Bonchev–Trinajstić information content (AvgIpc) is 3.37. The Hall–Kier alpha value is -4.07. The number of hydrogen-bond acceptors (Lipinski definition) is 4. The van der Waals surface area contributed by atoms with Crippen LogP contribution in [0.2, 0.25) is 0 Å². The minimum atomic E-state index is -0.948. The number of ether oxygens (including phenoxy) is 1.